The summed E-state index contributed by atoms with van der Waals surface area (Å²) >= 11 is 7.18. The summed E-state index contributed by atoms with van der Waals surface area (Å²) in [6, 6.07) is 14.7. The molecule has 0 radical (unpaired) electrons. The highest BCUT2D eigenvalue weighted by atomic mass is 35.5. The number of benzene rings is 2. The van der Waals surface area contributed by atoms with Crippen molar-refractivity contribution in [1.82, 2.24) is 24.7 Å². The molecule has 0 amide bonds. The number of nitrogens with zero attached hydrogens (tertiary/aromatic N) is 6. The number of ether oxygens (including phenoxy) is 1. The lowest BCUT2D eigenvalue weighted by atomic mass is 10.2. The predicted octanol–water partition coefficient (Wildman–Crippen LogP) is 4.45. The van der Waals surface area contributed by atoms with E-state index >= 15 is 0 Å². The second-order valence-electron chi connectivity index (χ2n) is 5.93. The molecule has 0 saturated carbocycles. The summed E-state index contributed by atoms with van der Waals surface area (Å²) in [5.41, 5.74) is 1.40. The average molecular weight is 441 g/mol. The largest absolute Gasteiger partial charge is 0.497 e. The number of methoxy groups -OCH3 is 1. The van der Waals surface area contributed by atoms with E-state index in [0.29, 0.717) is 26.9 Å². The minimum Gasteiger partial charge on any atom is -0.497 e. The van der Waals surface area contributed by atoms with Crippen LogP contribution in [0.1, 0.15) is 0 Å². The molecule has 30 heavy (non-hydrogen) atoms. The van der Waals surface area contributed by atoms with Gasteiger partial charge in [-0.25, -0.2) is 9.97 Å². The van der Waals surface area contributed by atoms with Gasteiger partial charge in [-0.15, -0.1) is 10.2 Å². The van der Waals surface area contributed by atoms with Gasteiger partial charge in [0.25, 0.3) is 0 Å². The minimum absolute atomic E-state index is 0.185. The molecule has 2 aromatic heterocycles. The van der Waals surface area contributed by atoms with Crippen molar-refractivity contribution in [2.45, 2.75) is 10.3 Å². The Morgan fingerprint density at radius 2 is 1.83 bits per heavy atom. The van der Waals surface area contributed by atoms with Crippen molar-refractivity contribution in [3.8, 4) is 22.8 Å². The van der Waals surface area contributed by atoms with Crippen LogP contribution in [0.2, 0.25) is 5.02 Å². The van der Waals surface area contributed by atoms with Gasteiger partial charge in [0, 0.05) is 16.3 Å². The third-order valence-corrected chi connectivity index (χ3v) is 5.15. The van der Waals surface area contributed by atoms with E-state index in [2.05, 4.69) is 20.2 Å². The van der Waals surface area contributed by atoms with Crippen molar-refractivity contribution in [3.63, 3.8) is 0 Å². The molecule has 0 spiro atoms. The van der Waals surface area contributed by atoms with Gasteiger partial charge in [0.05, 0.1) is 12.0 Å². The fraction of sp³-hybridized carbons (Fsp3) is 0.0526. The Balaban J connectivity index is 1.79. The normalized spacial score (nSPS) is 10.7. The molecule has 11 heteroatoms. The summed E-state index contributed by atoms with van der Waals surface area (Å²) in [5.74, 6) is 1.27. The zero-order valence-electron chi connectivity index (χ0n) is 15.5. The number of rotatable bonds is 6. The van der Waals surface area contributed by atoms with Crippen LogP contribution in [0.5, 0.6) is 5.75 Å². The summed E-state index contributed by atoms with van der Waals surface area (Å²) in [6.45, 7) is 0. The van der Waals surface area contributed by atoms with Crippen molar-refractivity contribution in [2.24, 2.45) is 0 Å². The maximum absolute atomic E-state index is 10.8. The smallest absolute Gasteiger partial charge is 0.305 e. The van der Waals surface area contributed by atoms with Gasteiger partial charge >= 0.3 is 5.69 Å². The van der Waals surface area contributed by atoms with Crippen molar-refractivity contribution < 1.29 is 9.66 Å². The molecule has 4 aromatic rings. The predicted molar refractivity (Wildman–Crippen MR) is 111 cm³/mol. The molecule has 0 aliphatic rings. The van der Waals surface area contributed by atoms with E-state index in [1.54, 1.807) is 19.2 Å². The molecule has 4 rings (SSSR count). The molecule has 0 aliphatic heterocycles. The minimum atomic E-state index is -0.550. The van der Waals surface area contributed by atoms with Crippen molar-refractivity contribution in [1.29, 1.82) is 0 Å². The van der Waals surface area contributed by atoms with E-state index in [4.69, 9.17) is 16.3 Å². The maximum atomic E-state index is 10.8. The molecule has 0 aliphatic carbocycles. The highest BCUT2D eigenvalue weighted by Gasteiger charge is 2.19. The fourth-order valence-corrected chi connectivity index (χ4v) is 3.51. The van der Waals surface area contributed by atoms with Crippen LogP contribution >= 0.6 is 23.4 Å². The highest BCUT2D eigenvalue weighted by molar-refractivity contribution is 7.99. The first-order valence-electron chi connectivity index (χ1n) is 8.55. The van der Waals surface area contributed by atoms with E-state index in [0.717, 1.165) is 35.4 Å². The zero-order valence-corrected chi connectivity index (χ0v) is 17.0. The summed E-state index contributed by atoms with van der Waals surface area (Å²) in [7, 11) is 1.59. The van der Waals surface area contributed by atoms with E-state index in [1.165, 1.54) is 0 Å². The molecule has 0 saturated heterocycles. The summed E-state index contributed by atoms with van der Waals surface area (Å²) in [5, 5.41) is 20.8. The molecule has 0 unspecified atom stereocenters. The van der Waals surface area contributed by atoms with Gasteiger partial charge < -0.3 is 4.74 Å². The van der Waals surface area contributed by atoms with Crippen LogP contribution in [0.25, 0.3) is 17.1 Å². The second kappa shape index (κ2) is 8.47. The molecule has 9 nitrogen and oxygen atoms in total. The number of aromatic nitrogens is 5. The molecule has 0 bridgehead atoms. The maximum Gasteiger partial charge on any atom is 0.305 e. The Morgan fingerprint density at radius 1 is 1.10 bits per heavy atom. The first kappa shape index (κ1) is 19.8. The standard InChI is InChI=1S/C19H13ClN6O3S/c1-29-16-4-2-3-12(9-16)17-23-24-19(25(17)14-7-5-13(20)6-8-14)30-18-21-10-15(11-22-18)26(27)28/h2-11H,1H3. The summed E-state index contributed by atoms with van der Waals surface area (Å²) in [6.07, 6.45) is 2.31. The topological polar surface area (TPSA) is 109 Å². The van der Waals surface area contributed by atoms with E-state index in [-0.39, 0.29) is 5.69 Å². The lowest BCUT2D eigenvalue weighted by molar-refractivity contribution is -0.385. The van der Waals surface area contributed by atoms with Gasteiger partial charge in [-0.3, -0.25) is 14.7 Å². The highest BCUT2D eigenvalue weighted by Crippen LogP contribution is 2.32. The lowest BCUT2D eigenvalue weighted by Crippen LogP contribution is -2.00. The van der Waals surface area contributed by atoms with E-state index < -0.39 is 4.92 Å². The number of hydrogen-bond acceptors (Lipinski definition) is 8. The van der Waals surface area contributed by atoms with Crippen molar-refractivity contribution in [3.05, 3.63) is 76.1 Å². The van der Waals surface area contributed by atoms with Crippen LogP contribution in [0.15, 0.2) is 71.2 Å². The van der Waals surface area contributed by atoms with E-state index in [9.17, 15) is 10.1 Å². The van der Waals surface area contributed by atoms with Gasteiger partial charge in [0.1, 0.15) is 18.1 Å². The zero-order chi connectivity index (χ0) is 21.1. The summed E-state index contributed by atoms with van der Waals surface area (Å²) < 4.78 is 7.15. The Labute approximate surface area is 179 Å². The Morgan fingerprint density at radius 3 is 2.50 bits per heavy atom. The van der Waals surface area contributed by atoms with Crippen LogP contribution in [0.3, 0.4) is 0 Å². The molecule has 150 valence electrons. The number of hydrogen-bond donors (Lipinski definition) is 0. The van der Waals surface area contributed by atoms with Crippen LogP contribution in [-0.4, -0.2) is 36.8 Å². The van der Waals surface area contributed by atoms with E-state index in [1.807, 2.05) is 41.0 Å². The molecule has 2 heterocycles. The van der Waals surface area contributed by atoms with Crippen LogP contribution in [0.4, 0.5) is 5.69 Å². The Hall–Kier alpha value is -3.50. The van der Waals surface area contributed by atoms with Crippen LogP contribution in [-0.2, 0) is 0 Å². The quantitative estimate of drug-likeness (QED) is 0.246. The van der Waals surface area contributed by atoms with Crippen LogP contribution < -0.4 is 4.74 Å². The molecule has 0 atom stereocenters. The average Bonchev–Trinajstić information content (AvgIpc) is 3.18. The monoisotopic (exact) mass is 440 g/mol. The first-order valence-corrected chi connectivity index (χ1v) is 9.74. The van der Waals surface area contributed by atoms with Gasteiger partial charge in [-0.2, -0.15) is 0 Å². The Kier molecular flexibility index (Phi) is 5.59. The second-order valence-corrected chi connectivity index (χ2v) is 7.30. The molecule has 2 aromatic carbocycles. The molecular weight excluding hydrogens is 428 g/mol. The number of nitro groups is 1. The van der Waals surface area contributed by atoms with Crippen molar-refractivity contribution in [2.75, 3.05) is 7.11 Å². The van der Waals surface area contributed by atoms with Gasteiger partial charge in [-0.1, -0.05) is 23.7 Å². The third-order valence-electron chi connectivity index (χ3n) is 4.05. The summed E-state index contributed by atoms with van der Waals surface area (Å²) in [4.78, 5) is 18.4. The Bertz CT molecular complexity index is 1200. The molecular formula is C19H13ClN6O3S. The fourth-order valence-electron chi connectivity index (χ4n) is 2.65. The lowest BCUT2D eigenvalue weighted by Gasteiger charge is -2.11. The van der Waals surface area contributed by atoms with Gasteiger partial charge in [-0.05, 0) is 48.2 Å². The third kappa shape index (κ3) is 4.09. The number of halogens is 1. The molecule has 0 fully saturated rings. The van der Waals surface area contributed by atoms with Crippen LogP contribution in [0, 0.1) is 10.1 Å². The van der Waals surface area contributed by atoms with Gasteiger partial charge in [0.2, 0.25) is 5.16 Å². The van der Waals surface area contributed by atoms with Crippen molar-refractivity contribution >= 4 is 29.1 Å². The molecule has 0 N–H and O–H groups in total. The van der Waals surface area contributed by atoms with Gasteiger partial charge in [0.15, 0.2) is 11.0 Å². The first-order chi connectivity index (χ1) is 14.5. The SMILES string of the molecule is COc1cccc(-c2nnc(Sc3ncc([N+](=O)[O-])cn3)n2-c2ccc(Cl)cc2)c1.